The maximum atomic E-state index is 14.3. The number of aliphatic hydroxyl groups is 2. The minimum Gasteiger partial charge on any atom is -0.480 e. The summed E-state index contributed by atoms with van der Waals surface area (Å²) in [6, 6.07) is -11.5. The average molecular weight is 1180 g/mol. The minimum atomic E-state index is -1.83. The van der Waals surface area contributed by atoms with E-state index in [4.69, 9.17) is 28.7 Å². The van der Waals surface area contributed by atoms with Crippen molar-refractivity contribution in [3.05, 3.63) is 18.2 Å². The molecule has 2 unspecified atom stereocenters. The van der Waals surface area contributed by atoms with E-state index in [0.29, 0.717) is 25.0 Å². The summed E-state index contributed by atoms with van der Waals surface area (Å²) in [7, 11) is 0. The minimum absolute atomic E-state index is 0.0162. The van der Waals surface area contributed by atoms with Gasteiger partial charge in [-0.25, -0.2) is 4.98 Å². The quantitative estimate of drug-likeness (QED) is 0.0169. The zero-order valence-corrected chi connectivity index (χ0v) is 48.8. The zero-order chi connectivity index (χ0) is 62.5. The normalized spacial score (nSPS) is 16.7. The fourth-order valence-electron chi connectivity index (χ4n) is 8.95. The molecule has 1 saturated carbocycles. The molecule has 12 atom stereocenters. The number of nitrogens with one attached hydrogen (secondary N) is 9. The molecule has 0 aliphatic heterocycles. The number of nitrogens with two attached hydrogens (primary N) is 5. The molecule has 0 aromatic carbocycles. The summed E-state index contributed by atoms with van der Waals surface area (Å²) in [6.45, 7) is 9.49. The Morgan fingerprint density at radius 1 is 0.663 bits per heavy atom. The summed E-state index contributed by atoms with van der Waals surface area (Å²) in [6.07, 6.45) is 5.18. The number of aromatic amines is 1. The van der Waals surface area contributed by atoms with Crippen LogP contribution in [-0.2, 0) is 54.4 Å². The van der Waals surface area contributed by atoms with E-state index in [1.54, 1.807) is 27.7 Å². The van der Waals surface area contributed by atoms with Gasteiger partial charge >= 0.3 is 5.97 Å². The number of carboxylic acids is 1. The standard InChI is InChI=1S/C52H92N18O13/c1-8-27(3)40(50(83)70(25-39(74)75)28(4)9-2)67-45(78)35(18-14-20-60-52(56)57)64-38(73)24-61-48(81)41(30(6)71)69-49(82)42(31(7)72)68-47(80)37(22-33-23-58-26-62-33)66-46(79)36(21-32-15-11-10-12-16-32)65-43(76)29(5)63-44(77)34(53)17-13-19-59-51(54)55/h23,26-32,34-37,40-42,71-72H,8-22,24-25,53H2,1-7H3,(H,58,62)(H,61,81)(H,63,77)(H,64,73)(H,65,76)(H,66,79)(H,67,78)(H,68,80)(H,69,82)(H,74,75)(H4,54,55,59)(H4,56,57,60)/t27?,28?,29-,30+,31+,34-,35-,36-,37-,40-,41-,42-/m0/s1. The Morgan fingerprint density at radius 3 is 1.75 bits per heavy atom. The number of aliphatic imine (C=N–C) groups is 2. The van der Waals surface area contributed by atoms with Gasteiger partial charge in [0.1, 0.15) is 48.8 Å². The van der Waals surface area contributed by atoms with Gasteiger partial charge in [0.25, 0.3) is 0 Å². The Kier molecular flexibility index (Phi) is 31.6. The summed E-state index contributed by atoms with van der Waals surface area (Å²) < 4.78 is 0. The molecule has 1 aromatic heterocycles. The molecule has 1 heterocycles. The van der Waals surface area contributed by atoms with Crippen LogP contribution in [0.5, 0.6) is 0 Å². The van der Waals surface area contributed by atoms with Crippen LogP contribution in [0.1, 0.15) is 131 Å². The molecule has 31 nitrogen and oxygen atoms in total. The van der Waals surface area contributed by atoms with Gasteiger partial charge in [0.15, 0.2) is 11.9 Å². The average Bonchev–Trinajstić information content (AvgIpc) is 3.98. The third-order valence-corrected chi connectivity index (χ3v) is 14.2. The van der Waals surface area contributed by atoms with Crippen molar-refractivity contribution in [2.24, 2.45) is 50.5 Å². The molecule has 0 saturated heterocycles. The molecule has 1 fully saturated rings. The Balaban J connectivity index is 2.31. The van der Waals surface area contributed by atoms with Gasteiger partial charge in [-0.1, -0.05) is 59.3 Å². The van der Waals surface area contributed by atoms with E-state index in [-0.39, 0.29) is 63.0 Å². The van der Waals surface area contributed by atoms with Crippen molar-refractivity contribution < 1.29 is 63.3 Å². The number of aliphatic carboxylic acids is 1. The molecule has 31 heteroatoms. The molecule has 1 aliphatic rings. The van der Waals surface area contributed by atoms with Crippen LogP contribution in [0, 0.1) is 11.8 Å². The molecule has 9 amide bonds. The molecule has 1 aliphatic carbocycles. The molecule has 468 valence electrons. The first kappa shape index (κ1) is 71.4. The maximum absolute atomic E-state index is 14.3. The number of nitrogens with zero attached hydrogens (tertiary/aromatic N) is 4. The van der Waals surface area contributed by atoms with Crippen molar-refractivity contribution in [2.75, 3.05) is 26.2 Å². The van der Waals surface area contributed by atoms with E-state index in [2.05, 4.69) is 62.5 Å². The predicted molar refractivity (Wildman–Crippen MR) is 305 cm³/mol. The van der Waals surface area contributed by atoms with Gasteiger partial charge in [-0.3, -0.25) is 57.9 Å². The van der Waals surface area contributed by atoms with E-state index in [9.17, 15) is 63.3 Å². The van der Waals surface area contributed by atoms with Crippen LogP contribution in [0.2, 0.25) is 0 Å². The molecule has 22 N–H and O–H groups in total. The monoisotopic (exact) mass is 1180 g/mol. The van der Waals surface area contributed by atoms with Crippen LogP contribution >= 0.6 is 0 Å². The van der Waals surface area contributed by atoms with Crippen LogP contribution in [0.3, 0.4) is 0 Å². The lowest BCUT2D eigenvalue weighted by Gasteiger charge is -2.34. The lowest BCUT2D eigenvalue weighted by Crippen LogP contribution is -2.63. The fraction of sp³-hybridized carbons (Fsp3) is 0.712. The highest BCUT2D eigenvalue weighted by Gasteiger charge is 2.38. The van der Waals surface area contributed by atoms with Crippen LogP contribution in [0.15, 0.2) is 22.5 Å². The molecule has 0 bridgehead atoms. The van der Waals surface area contributed by atoms with Crippen molar-refractivity contribution in [1.29, 1.82) is 0 Å². The third kappa shape index (κ3) is 26.0. The molecule has 0 spiro atoms. The highest BCUT2D eigenvalue weighted by Crippen LogP contribution is 2.27. The first-order valence-corrected chi connectivity index (χ1v) is 28.2. The Hall–Kier alpha value is -7.67. The van der Waals surface area contributed by atoms with Crippen LogP contribution < -0.4 is 71.2 Å². The number of aliphatic hydroxyl groups excluding tert-OH is 2. The largest absolute Gasteiger partial charge is 0.480 e. The summed E-state index contributed by atoms with van der Waals surface area (Å²) in [4.78, 5) is 151. The van der Waals surface area contributed by atoms with Gasteiger partial charge in [0.05, 0.1) is 31.1 Å². The number of carbonyl (C=O) groups excluding carboxylic acids is 9. The highest BCUT2D eigenvalue weighted by atomic mass is 16.4. The number of guanidine groups is 2. The van der Waals surface area contributed by atoms with Gasteiger partial charge < -0.3 is 96.4 Å². The zero-order valence-electron chi connectivity index (χ0n) is 48.8. The summed E-state index contributed by atoms with van der Waals surface area (Å²) in [5.74, 6) is -9.84. The Labute approximate surface area is 483 Å². The number of carboxylic acid groups (broad SMARTS) is 1. The SMILES string of the molecule is CCC(C)[C@H](NC(=O)[C@H](CCCN=C(N)N)NC(=O)CNC(=O)[C@@H](NC(=O)[C@@H](NC(=O)[C@H](Cc1cnc[nH]1)NC(=O)[C@H](CC1CCCCC1)NC(=O)[C@H](C)NC(=O)[C@@H](N)CCCN=C(N)N)[C@@H](C)O)[C@@H](C)O)C(=O)N(CC(=O)O)C(C)CC. The first-order chi connectivity index (χ1) is 39.1. The van der Waals surface area contributed by atoms with Crippen molar-refractivity contribution in [3.63, 3.8) is 0 Å². The number of hydrogen-bond donors (Lipinski definition) is 17. The van der Waals surface area contributed by atoms with Crippen LogP contribution in [0.4, 0.5) is 0 Å². The molecular weight excluding hydrogens is 1080 g/mol. The lowest BCUT2D eigenvalue weighted by molar-refractivity contribution is -0.148. The van der Waals surface area contributed by atoms with Crippen molar-refractivity contribution in [3.8, 4) is 0 Å². The summed E-state index contributed by atoms with van der Waals surface area (Å²) in [5.41, 5.74) is 28.0. The number of hydrogen-bond acceptors (Lipinski definition) is 16. The Morgan fingerprint density at radius 2 is 1.20 bits per heavy atom. The number of carbonyl (C=O) groups is 10. The van der Waals surface area contributed by atoms with Crippen molar-refractivity contribution in [2.45, 2.75) is 199 Å². The molecule has 2 rings (SSSR count). The second-order valence-electron chi connectivity index (χ2n) is 21.2. The predicted octanol–water partition coefficient (Wildman–Crippen LogP) is -4.59. The van der Waals surface area contributed by atoms with Crippen LogP contribution in [-0.4, -0.2) is 194 Å². The number of imidazole rings is 1. The van der Waals surface area contributed by atoms with Gasteiger partial charge in [-0.05, 0) is 78.1 Å². The molecule has 0 radical (unpaired) electrons. The fourth-order valence-corrected chi connectivity index (χ4v) is 8.95. The van der Waals surface area contributed by atoms with Gasteiger partial charge in [0, 0.05) is 37.4 Å². The summed E-state index contributed by atoms with van der Waals surface area (Å²) >= 11 is 0. The molecular formula is C52H92N18O13. The number of aromatic nitrogens is 2. The van der Waals surface area contributed by atoms with E-state index in [0.717, 1.165) is 50.9 Å². The van der Waals surface area contributed by atoms with Crippen molar-refractivity contribution >= 4 is 71.1 Å². The van der Waals surface area contributed by atoms with Gasteiger partial charge in [-0.2, -0.15) is 0 Å². The van der Waals surface area contributed by atoms with E-state index >= 15 is 0 Å². The molecule has 1 aromatic rings. The topological polar surface area (TPSA) is 514 Å². The van der Waals surface area contributed by atoms with E-state index < -0.39 is 145 Å². The highest BCUT2D eigenvalue weighted by molar-refractivity contribution is 5.98. The lowest BCUT2D eigenvalue weighted by atomic mass is 9.84. The third-order valence-electron chi connectivity index (χ3n) is 14.2. The number of amides is 9. The molecule has 83 heavy (non-hydrogen) atoms. The smallest absolute Gasteiger partial charge is 0.323 e. The maximum Gasteiger partial charge on any atom is 0.323 e. The van der Waals surface area contributed by atoms with Crippen LogP contribution in [0.25, 0.3) is 0 Å². The van der Waals surface area contributed by atoms with Gasteiger partial charge in [0.2, 0.25) is 53.2 Å². The van der Waals surface area contributed by atoms with Crippen molar-refractivity contribution in [1.82, 2.24) is 57.4 Å². The number of H-pyrrole nitrogens is 1. The second kappa shape index (κ2) is 36.7. The first-order valence-electron chi connectivity index (χ1n) is 28.2. The second-order valence-corrected chi connectivity index (χ2v) is 21.2. The van der Waals surface area contributed by atoms with E-state index in [1.165, 1.54) is 19.4 Å². The number of rotatable bonds is 37. The van der Waals surface area contributed by atoms with E-state index in [1.807, 2.05) is 0 Å². The van der Waals surface area contributed by atoms with Gasteiger partial charge in [-0.15, -0.1) is 0 Å². The summed E-state index contributed by atoms with van der Waals surface area (Å²) in [5, 5.41) is 51.3. The Bertz CT molecular complexity index is 2340.